The molecule has 3 aromatic rings. The third kappa shape index (κ3) is 3.92. The van der Waals surface area contributed by atoms with Crippen LogP contribution in [-0.4, -0.2) is 63.2 Å². The number of rotatable bonds is 6. The minimum atomic E-state index is -3.06. The predicted molar refractivity (Wildman–Crippen MR) is 120 cm³/mol. The van der Waals surface area contributed by atoms with Gasteiger partial charge in [0.25, 0.3) is 0 Å². The van der Waals surface area contributed by atoms with Crippen LogP contribution in [0.25, 0.3) is 16.6 Å². The molecular formula is C21H26N4O3S2. The minimum Gasteiger partial charge on any atom is -0.335 e. The topological polar surface area (TPSA) is 84.6 Å². The number of para-hydroxylation sites is 1. The summed E-state index contributed by atoms with van der Waals surface area (Å²) in [5.41, 5.74) is 2.89. The second-order valence-electron chi connectivity index (χ2n) is 7.92. The van der Waals surface area contributed by atoms with Crippen molar-refractivity contribution in [3.05, 3.63) is 35.9 Å². The van der Waals surface area contributed by atoms with Gasteiger partial charge in [0.1, 0.15) is 0 Å². The van der Waals surface area contributed by atoms with E-state index in [0.717, 1.165) is 28.5 Å². The third-order valence-electron chi connectivity index (χ3n) is 5.85. The first-order chi connectivity index (χ1) is 14.3. The van der Waals surface area contributed by atoms with Gasteiger partial charge in [-0.3, -0.25) is 9.20 Å². The molecule has 7 nitrogen and oxygen atoms in total. The van der Waals surface area contributed by atoms with Gasteiger partial charge >= 0.3 is 0 Å². The maximum atomic E-state index is 13.1. The van der Waals surface area contributed by atoms with Crippen molar-refractivity contribution in [2.75, 3.05) is 17.3 Å². The molecule has 1 amide bonds. The smallest absolute Gasteiger partial charge is 0.233 e. The first kappa shape index (κ1) is 21.1. The van der Waals surface area contributed by atoms with E-state index < -0.39 is 9.84 Å². The molecule has 0 aliphatic carbocycles. The van der Waals surface area contributed by atoms with E-state index in [0.29, 0.717) is 11.6 Å². The maximum Gasteiger partial charge on any atom is 0.233 e. The molecule has 1 fully saturated rings. The average molecular weight is 447 g/mol. The third-order valence-corrected chi connectivity index (χ3v) is 8.52. The van der Waals surface area contributed by atoms with Gasteiger partial charge in [-0.15, -0.1) is 10.2 Å². The molecule has 2 atom stereocenters. The van der Waals surface area contributed by atoms with Gasteiger partial charge in [-0.2, -0.15) is 0 Å². The summed E-state index contributed by atoms with van der Waals surface area (Å²) in [6.07, 6.45) is 1.30. The molecule has 1 aliphatic rings. The highest BCUT2D eigenvalue weighted by atomic mass is 32.2. The number of aryl methyl sites for hydroxylation is 1. The molecule has 9 heteroatoms. The van der Waals surface area contributed by atoms with E-state index in [1.165, 1.54) is 11.8 Å². The number of fused-ring (bicyclic) bond motifs is 3. The Kier molecular flexibility index (Phi) is 5.76. The molecule has 3 heterocycles. The Bertz CT molecular complexity index is 1210. The number of benzene rings is 1. The van der Waals surface area contributed by atoms with Crippen LogP contribution in [0.1, 0.15) is 32.3 Å². The first-order valence-electron chi connectivity index (χ1n) is 10.2. The number of hydrogen-bond donors (Lipinski definition) is 0. The summed E-state index contributed by atoms with van der Waals surface area (Å²) in [6.45, 7) is 6.05. The van der Waals surface area contributed by atoms with Crippen LogP contribution >= 0.6 is 11.8 Å². The van der Waals surface area contributed by atoms with E-state index in [-0.39, 0.29) is 35.2 Å². The van der Waals surface area contributed by atoms with E-state index in [2.05, 4.69) is 16.3 Å². The van der Waals surface area contributed by atoms with Gasteiger partial charge < -0.3 is 4.90 Å². The van der Waals surface area contributed by atoms with Gasteiger partial charge in [-0.05, 0) is 44.4 Å². The Balaban J connectivity index is 1.60. The summed E-state index contributed by atoms with van der Waals surface area (Å²) in [7, 11) is -3.06. The van der Waals surface area contributed by atoms with Gasteiger partial charge in [-0.1, -0.05) is 36.9 Å². The Morgan fingerprint density at radius 3 is 2.80 bits per heavy atom. The van der Waals surface area contributed by atoms with Crippen LogP contribution < -0.4 is 0 Å². The highest BCUT2D eigenvalue weighted by Crippen LogP contribution is 2.27. The lowest BCUT2D eigenvalue weighted by atomic mass is 10.1. The molecule has 0 unspecified atom stereocenters. The number of aromatic nitrogens is 3. The molecule has 2 aromatic heterocycles. The number of hydrogen-bond acceptors (Lipinski definition) is 6. The molecule has 4 rings (SSSR count). The summed E-state index contributed by atoms with van der Waals surface area (Å²) in [4.78, 5) is 14.9. The van der Waals surface area contributed by atoms with Crippen molar-refractivity contribution in [2.45, 2.75) is 50.9 Å². The number of amides is 1. The fourth-order valence-electron chi connectivity index (χ4n) is 4.17. The maximum absolute atomic E-state index is 13.1. The number of nitrogens with zero attached hydrogens (tertiary/aromatic N) is 4. The molecule has 0 radical (unpaired) electrons. The second kappa shape index (κ2) is 8.19. The van der Waals surface area contributed by atoms with Gasteiger partial charge in [-0.25, -0.2) is 8.42 Å². The monoisotopic (exact) mass is 446 g/mol. The Hall–Kier alpha value is -2.13. The summed E-state index contributed by atoms with van der Waals surface area (Å²) in [5.74, 6) is 0.366. The van der Waals surface area contributed by atoms with E-state index >= 15 is 0 Å². The normalized spacial score (nSPS) is 19.4. The largest absolute Gasteiger partial charge is 0.335 e. The van der Waals surface area contributed by atoms with Crippen molar-refractivity contribution in [1.82, 2.24) is 19.5 Å². The van der Waals surface area contributed by atoms with Gasteiger partial charge in [0.05, 0.1) is 22.8 Å². The van der Waals surface area contributed by atoms with Crippen LogP contribution in [0.3, 0.4) is 0 Å². The lowest BCUT2D eigenvalue weighted by Crippen LogP contribution is -2.47. The molecule has 160 valence electrons. The average Bonchev–Trinajstić information content (AvgIpc) is 3.29. The van der Waals surface area contributed by atoms with Crippen molar-refractivity contribution in [3.8, 4) is 0 Å². The number of thioether (sulfide) groups is 1. The molecule has 1 aliphatic heterocycles. The number of pyridine rings is 1. The standard InChI is InChI=1S/C21H26N4O3S2/c1-4-15(3)24(16-9-10-30(27,28)13-16)20(26)12-29-21-23-22-19-11-14(2)17-7-5-6-8-18(17)25(19)21/h5-8,11,15-16H,4,9-10,12-13H2,1-3H3/t15-,16-/m1/s1. The van der Waals surface area contributed by atoms with Crippen LogP contribution in [0.2, 0.25) is 0 Å². The van der Waals surface area contributed by atoms with Crippen LogP contribution in [0.15, 0.2) is 35.5 Å². The zero-order valence-corrected chi connectivity index (χ0v) is 19.0. The second-order valence-corrected chi connectivity index (χ2v) is 11.1. The molecule has 0 spiro atoms. The zero-order chi connectivity index (χ0) is 21.5. The lowest BCUT2D eigenvalue weighted by Gasteiger charge is -2.33. The molecule has 0 saturated carbocycles. The number of carbonyl (C=O) groups excluding carboxylic acids is 1. The van der Waals surface area contributed by atoms with Crippen molar-refractivity contribution in [3.63, 3.8) is 0 Å². The molecular weight excluding hydrogens is 420 g/mol. The first-order valence-corrected chi connectivity index (χ1v) is 13.0. The Morgan fingerprint density at radius 2 is 2.10 bits per heavy atom. The number of carbonyl (C=O) groups is 1. The molecule has 1 saturated heterocycles. The summed E-state index contributed by atoms with van der Waals surface area (Å²) in [6, 6.07) is 9.82. The number of sulfone groups is 1. The van der Waals surface area contributed by atoms with Crippen LogP contribution in [0.4, 0.5) is 0 Å². The van der Waals surface area contributed by atoms with Gasteiger partial charge in [0, 0.05) is 17.5 Å². The fourth-order valence-corrected chi connectivity index (χ4v) is 6.70. The van der Waals surface area contributed by atoms with Crippen molar-refractivity contribution >= 4 is 44.1 Å². The predicted octanol–water partition coefficient (Wildman–Crippen LogP) is 3.10. The van der Waals surface area contributed by atoms with Gasteiger partial charge in [0.15, 0.2) is 20.6 Å². The van der Waals surface area contributed by atoms with Gasteiger partial charge in [0.2, 0.25) is 5.91 Å². The quantitative estimate of drug-likeness (QED) is 0.541. The highest BCUT2D eigenvalue weighted by molar-refractivity contribution is 7.99. The van der Waals surface area contributed by atoms with Crippen LogP contribution in [0.5, 0.6) is 0 Å². The Morgan fingerprint density at radius 1 is 1.33 bits per heavy atom. The zero-order valence-electron chi connectivity index (χ0n) is 17.4. The summed E-state index contributed by atoms with van der Waals surface area (Å²) < 4.78 is 25.9. The molecule has 30 heavy (non-hydrogen) atoms. The molecule has 0 N–H and O–H groups in total. The molecule has 0 bridgehead atoms. The van der Waals surface area contributed by atoms with Crippen LogP contribution in [-0.2, 0) is 14.6 Å². The van der Waals surface area contributed by atoms with Crippen molar-refractivity contribution in [2.24, 2.45) is 0 Å². The summed E-state index contributed by atoms with van der Waals surface area (Å²) >= 11 is 1.35. The highest BCUT2D eigenvalue weighted by Gasteiger charge is 2.36. The fraction of sp³-hybridized carbons (Fsp3) is 0.476. The van der Waals surface area contributed by atoms with E-state index in [1.807, 2.05) is 49.4 Å². The molecule has 1 aromatic carbocycles. The van der Waals surface area contributed by atoms with Crippen molar-refractivity contribution < 1.29 is 13.2 Å². The van der Waals surface area contributed by atoms with E-state index in [9.17, 15) is 13.2 Å². The summed E-state index contributed by atoms with van der Waals surface area (Å²) in [5, 5.41) is 10.4. The Labute approximate surface area is 180 Å². The lowest BCUT2D eigenvalue weighted by molar-refractivity contribution is -0.132. The van der Waals surface area contributed by atoms with E-state index in [4.69, 9.17) is 0 Å². The minimum absolute atomic E-state index is 0.00461. The SMILES string of the molecule is CC[C@@H](C)N(C(=O)CSc1nnc2cc(C)c3ccccc3n12)[C@@H]1CCS(=O)(=O)C1. The van der Waals surface area contributed by atoms with E-state index in [1.54, 1.807) is 4.90 Å². The van der Waals surface area contributed by atoms with Crippen LogP contribution in [0, 0.1) is 6.92 Å². The van der Waals surface area contributed by atoms with Crippen molar-refractivity contribution in [1.29, 1.82) is 0 Å².